The maximum absolute atomic E-state index is 12.4. The summed E-state index contributed by atoms with van der Waals surface area (Å²) in [6.07, 6.45) is 2.36. The number of benzene rings is 2. The molecule has 0 spiro atoms. The Bertz CT molecular complexity index is 787. The number of rotatable bonds is 4. The summed E-state index contributed by atoms with van der Waals surface area (Å²) < 4.78 is 0. The molecule has 3 heteroatoms. The van der Waals surface area contributed by atoms with E-state index < -0.39 is 0 Å². The van der Waals surface area contributed by atoms with E-state index in [0.717, 1.165) is 22.0 Å². The van der Waals surface area contributed by atoms with Gasteiger partial charge in [0.15, 0.2) is 0 Å². The van der Waals surface area contributed by atoms with Crippen LogP contribution in [0.4, 0.5) is 0 Å². The Morgan fingerprint density at radius 3 is 2.59 bits per heavy atom. The van der Waals surface area contributed by atoms with Gasteiger partial charge in [-0.3, -0.25) is 4.79 Å². The van der Waals surface area contributed by atoms with Gasteiger partial charge in [0.1, 0.15) is 0 Å². The highest BCUT2D eigenvalue weighted by molar-refractivity contribution is 5.88. The number of amides is 1. The lowest BCUT2D eigenvalue weighted by atomic mass is 10.1. The van der Waals surface area contributed by atoms with Crippen molar-refractivity contribution >= 4 is 16.8 Å². The van der Waals surface area contributed by atoms with Crippen LogP contribution in [0.2, 0.25) is 0 Å². The number of H-pyrrole nitrogens is 1. The molecule has 1 aromatic heterocycles. The molecule has 3 aromatic rings. The van der Waals surface area contributed by atoms with Crippen molar-refractivity contribution in [2.45, 2.75) is 19.9 Å². The number of aromatic amines is 1. The quantitative estimate of drug-likeness (QED) is 0.782. The van der Waals surface area contributed by atoms with Gasteiger partial charge in [-0.2, -0.15) is 0 Å². The van der Waals surface area contributed by atoms with Gasteiger partial charge in [-0.05, 0) is 24.1 Å². The fourth-order valence-corrected chi connectivity index (χ4v) is 2.63. The van der Waals surface area contributed by atoms with Crippen LogP contribution in [0.15, 0.2) is 54.7 Å². The molecule has 0 radical (unpaired) electrons. The van der Waals surface area contributed by atoms with Gasteiger partial charge in [-0.25, -0.2) is 0 Å². The summed E-state index contributed by atoms with van der Waals surface area (Å²) in [6.45, 7) is 2.71. The first-order valence-corrected chi connectivity index (χ1v) is 7.48. The van der Waals surface area contributed by atoms with Gasteiger partial charge < -0.3 is 9.88 Å². The van der Waals surface area contributed by atoms with Crippen molar-refractivity contribution in [3.63, 3.8) is 0 Å². The molecule has 0 fully saturated rings. The monoisotopic (exact) mass is 292 g/mol. The Kier molecular flexibility index (Phi) is 3.96. The van der Waals surface area contributed by atoms with Gasteiger partial charge in [0.25, 0.3) is 0 Å². The molecule has 0 aliphatic rings. The number of hydrogen-bond acceptors (Lipinski definition) is 1. The van der Waals surface area contributed by atoms with Crippen molar-refractivity contribution in [3.8, 4) is 0 Å². The average Bonchev–Trinajstić information content (AvgIpc) is 2.93. The highest BCUT2D eigenvalue weighted by atomic mass is 16.2. The first-order valence-electron chi connectivity index (χ1n) is 7.48. The highest BCUT2D eigenvalue weighted by Gasteiger charge is 2.13. The maximum atomic E-state index is 12.4. The number of para-hydroxylation sites is 1. The zero-order valence-electron chi connectivity index (χ0n) is 13.0. The van der Waals surface area contributed by atoms with E-state index >= 15 is 0 Å². The number of likely N-dealkylation sites (N-methyl/N-ethyl adjacent to an activating group) is 1. The number of carbonyl (C=O) groups is 1. The number of nitrogens with one attached hydrogen (secondary N) is 1. The topological polar surface area (TPSA) is 36.1 Å². The first kappa shape index (κ1) is 14.4. The Labute approximate surface area is 130 Å². The zero-order chi connectivity index (χ0) is 15.5. The summed E-state index contributed by atoms with van der Waals surface area (Å²) in [4.78, 5) is 17.4. The van der Waals surface area contributed by atoms with Crippen LogP contribution in [0, 0.1) is 6.92 Å². The molecule has 1 amide bonds. The molecule has 2 aromatic carbocycles. The van der Waals surface area contributed by atoms with E-state index in [-0.39, 0.29) is 5.91 Å². The normalized spacial score (nSPS) is 10.8. The van der Waals surface area contributed by atoms with Crippen LogP contribution < -0.4 is 0 Å². The Morgan fingerprint density at radius 2 is 1.82 bits per heavy atom. The predicted molar refractivity (Wildman–Crippen MR) is 89.7 cm³/mol. The van der Waals surface area contributed by atoms with Crippen molar-refractivity contribution in [2.24, 2.45) is 0 Å². The van der Waals surface area contributed by atoms with Crippen molar-refractivity contribution in [1.29, 1.82) is 0 Å². The molecule has 112 valence electrons. The van der Waals surface area contributed by atoms with Crippen molar-refractivity contribution in [3.05, 3.63) is 71.4 Å². The number of fused-ring (bicyclic) bond motifs is 1. The molecule has 0 aliphatic heterocycles. The summed E-state index contributed by atoms with van der Waals surface area (Å²) in [6, 6.07) is 16.4. The highest BCUT2D eigenvalue weighted by Crippen LogP contribution is 2.19. The number of nitrogens with zero attached hydrogens (tertiary/aromatic N) is 1. The van der Waals surface area contributed by atoms with Gasteiger partial charge in [-0.1, -0.05) is 48.0 Å². The van der Waals surface area contributed by atoms with Crippen LogP contribution in [0.5, 0.6) is 0 Å². The largest absolute Gasteiger partial charge is 0.361 e. The van der Waals surface area contributed by atoms with Crippen LogP contribution >= 0.6 is 0 Å². The number of aryl methyl sites for hydroxylation is 1. The van der Waals surface area contributed by atoms with Crippen molar-refractivity contribution in [1.82, 2.24) is 9.88 Å². The molecule has 0 saturated heterocycles. The summed E-state index contributed by atoms with van der Waals surface area (Å²) in [5.74, 6) is 0.130. The zero-order valence-corrected chi connectivity index (χ0v) is 13.0. The molecule has 22 heavy (non-hydrogen) atoms. The third kappa shape index (κ3) is 3.03. The molecule has 0 saturated carbocycles. The SMILES string of the molecule is Cc1ccc(CN(C)C(=O)Cc2c[nH]c3ccccc23)cc1. The van der Waals surface area contributed by atoms with Crippen molar-refractivity contribution in [2.75, 3.05) is 7.05 Å². The van der Waals surface area contributed by atoms with Crippen LogP contribution in [-0.4, -0.2) is 22.8 Å². The van der Waals surface area contributed by atoms with Crippen LogP contribution in [0.25, 0.3) is 10.9 Å². The lowest BCUT2D eigenvalue weighted by molar-refractivity contribution is -0.129. The maximum Gasteiger partial charge on any atom is 0.227 e. The second-order valence-corrected chi connectivity index (χ2v) is 5.77. The summed E-state index contributed by atoms with van der Waals surface area (Å²) in [7, 11) is 1.86. The third-order valence-corrected chi connectivity index (χ3v) is 3.98. The standard InChI is InChI=1S/C19H20N2O/c1-14-7-9-15(10-8-14)13-21(2)19(22)11-16-12-20-18-6-4-3-5-17(16)18/h3-10,12,20H,11,13H2,1-2H3. The van der Waals surface area contributed by atoms with Crippen LogP contribution in [-0.2, 0) is 17.8 Å². The predicted octanol–water partition coefficient (Wildman–Crippen LogP) is 3.68. The summed E-state index contributed by atoms with van der Waals surface area (Å²) in [5, 5.41) is 1.12. The molecule has 1 heterocycles. The first-order chi connectivity index (χ1) is 10.6. The molecule has 3 nitrogen and oxygen atoms in total. The minimum Gasteiger partial charge on any atom is -0.361 e. The lowest BCUT2D eigenvalue weighted by Crippen LogP contribution is -2.27. The third-order valence-electron chi connectivity index (χ3n) is 3.98. The van der Waals surface area contributed by atoms with Crippen molar-refractivity contribution < 1.29 is 4.79 Å². The second-order valence-electron chi connectivity index (χ2n) is 5.77. The van der Waals surface area contributed by atoms with E-state index in [1.165, 1.54) is 5.56 Å². The summed E-state index contributed by atoms with van der Waals surface area (Å²) >= 11 is 0. The number of carbonyl (C=O) groups excluding carboxylic acids is 1. The molecule has 1 N–H and O–H groups in total. The number of hydrogen-bond donors (Lipinski definition) is 1. The smallest absolute Gasteiger partial charge is 0.227 e. The molecular formula is C19H20N2O. The van der Waals surface area contributed by atoms with Gasteiger partial charge in [0, 0.05) is 30.7 Å². The van der Waals surface area contributed by atoms with E-state index in [1.54, 1.807) is 4.90 Å². The Morgan fingerprint density at radius 1 is 1.09 bits per heavy atom. The molecule has 0 aliphatic carbocycles. The van der Waals surface area contributed by atoms with E-state index in [9.17, 15) is 4.79 Å². The fraction of sp³-hybridized carbons (Fsp3) is 0.211. The van der Waals surface area contributed by atoms with E-state index in [4.69, 9.17) is 0 Å². The Hall–Kier alpha value is -2.55. The van der Waals surface area contributed by atoms with Gasteiger partial charge in [-0.15, -0.1) is 0 Å². The fourth-order valence-electron chi connectivity index (χ4n) is 2.63. The van der Waals surface area contributed by atoms with Gasteiger partial charge in [0.05, 0.1) is 6.42 Å². The lowest BCUT2D eigenvalue weighted by Gasteiger charge is -2.17. The van der Waals surface area contributed by atoms with E-state index in [0.29, 0.717) is 13.0 Å². The second kappa shape index (κ2) is 6.06. The van der Waals surface area contributed by atoms with Crippen LogP contribution in [0.1, 0.15) is 16.7 Å². The van der Waals surface area contributed by atoms with Gasteiger partial charge in [0.2, 0.25) is 5.91 Å². The number of aromatic nitrogens is 1. The van der Waals surface area contributed by atoms with E-state index in [2.05, 4.69) is 42.2 Å². The summed E-state index contributed by atoms with van der Waals surface area (Å²) in [5.41, 5.74) is 4.51. The van der Waals surface area contributed by atoms with Crippen LogP contribution in [0.3, 0.4) is 0 Å². The molecule has 3 rings (SSSR count). The molecular weight excluding hydrogens is 272 g/mol. The molecule has 0 unspecified atom stereocenters. The Balaban J connectivity index is 1.69. The average molecular weight is 292 g/mol. The van der Waals surface area contributed by atoms with Gasteiger partial charge >= 0.3 is 0 Å². The minimum absolute atomic E-state index is 0.130. The molecule has 0 bridgehead atoms. The molecule has 0 atom stereocenters. The minimum atomic E-state index is 0.130. The van der Waals surface area contributed by atoms with E-state index in [1.807, 2.05) is 31.4 Å².